The summed E-state index contributed by atoms with van der Waals surface area (Å²) in [4.78, 5) is 24.8. The lowest BCUT2D eigenvalue weighted by Gasteiger charge is -2.28. The third-order valence-electron chi connectivity index (χ3n) is 3.95. The number of aryl methyl sites for hydroxylation is 1. The number of carbonyl (C=O) groups is 1. The number of hydrogen-bond donors (Lipinski definition) is 1. The molecule has 2 heterocycles. The van der Waals surface area contributed by atoms with Gasteiger partial charge in [0.1, 0.15) is 6.04 Å². The molecule has 0 radical (unpaired) electrons. The number of ether oxygens (including phenoxy) is 1. The molecular weight excluding hydrogens is 310 g/mol. The Balaban J connectivity index is 2.26. The van der Waals surface area contributed by atoms with Crippen LogP contribution in [0.5, 0.6) is 0 Å². The van der Waals surface area contributed by atoms with E-state index in [-0.39, 0.29) is 5.69 Å². The predicted octanol–water partition coefficient (Wildman–Crippen LogP) is 0.915. The molecule has 8 heteroatoms. The number of methoxy groups -OCH3 is 1. The predicted molar refractivity (Wildman–Crippen MR) is 85.1 cm³/mol. The lowest BCUT2D eigenvalue weighted by Crippen LogP contribution is -2.35. The molecule has 8 nitrogen and oxygen atoms in total. The fourth-order valence-corrected chi connectivity index (χ4v) is 2.80. The van der Waals surface area contributed by atoms with E-state index in [0.29, 0.717) is 28.3 Å². The molecule has 1 aliphatic heterocycles. The monoisotopic (exact) mass is 325 g/mol. The van der Waals surface area contributed by atoms with E-state index in [2.05, 4.69) is 10.4 Å². The molecular formula is C16H15N5O3. The number of aromatic nitrogens is 3. The van der Waals surface area contributed by atoms with Crippen LogP contribution in [0.15, 0.2) is 40.3 Å². The number of nitrogens with zero attached hydrogens (tertiary/aromatic N) is 4. The zero-order valence-electron chi connectivity index (χ0n) is 13.4. The second-order valence-electron chi connectivity index (χ2n) is 5.39. The third-order valence-corrected chi connectivity index (χ3v) is 3.95. The molecule has 0 saturated heterocycles. The Morgan fingerprint density at radius 3 is 2.62 bits per heavy atom. The minimum Gasteiger partial charge on any atom is -0.466 e. The minimum atomic E-state index is -0.678. The van der Waals surface area contributed by atoms with Crippen molar-refractivity contribution in [2.45, 2.75) is 13.0 Å². The topological polar surface area (TPSA) is 102 Å². The zero-order chi connectivity index (χ0) is 17.4. The summed E-state index contributed by atoms with van der Waals surface area (Å²) in [6.45, 7) is 1.73. The normalized spacial score (nSPS) is 16.2. The fourth-order valence-electron chi connectivity index (χ4n) is 2.80. The molecule has 1 unspecified atom stereocenters. The number of nitrogens with one attached hydrogen (secondary N) is 1. The molecule has 0 bridgehead atoms. The van der Waals surface area contributed by atoms with Crippen LogP contribution in [0, 0.1) is 11.3 Å². The average molecular weight is 325 g/mol. The zero-order valence-corrected chi connectivity index (χ0v) is 13.4. The van der Waals surface area contributed by atoms with E-state index in [4.69, 9.17) is 10.00 Å². The standard InChI is InChI=1S/C16H15N5O3/c1-9-12(14(22)24-3)13(11-6-4-10(8-17)5-7-11)21-15(18-9)19-20(2)16(21)23/h4-7,13H,1-3H3,(H,18,19). The Labute approximate surface area is 137 Å². The highest BCUT2D eigenvalue weighted by Gasteiger charge is 2.35. The molecule has 1 aromatic carbocycles. The first-order valence-electron chi connectivity index (χ1n) is 7.19. The van der Waals surface area contributed by atoms with Crippen LogP contribution >= 0.6 is 0 Å². The summed E-state index contributed by atoms with van der Waals surface area (Å²) < 4.78 is 7.49. The molecule has 0 aliphatic carbocycles. The van der Waals surface area contributed by atoms with Crippen molar-refractivity contribution in [3.63, 3.8) is 0 Å². The van der Waals surface area contributed by atoms with Gasteiger partial charge in [0.05, 0.1) is 24.3 Å². The molecule has 1 aliphatic rings. The van der Waals surface area contributed by atoms with E-state index in [0.717, 1.165) is 0 Å². The summed E-state index contributed by atoms with van der Waals surface area (Å²) in [7, 11) is 2.83. The highest BCUT2D eigenvalue weighted by Crippen LogP contribution is 2.34. The van der Waals surface area contributed by atoms with Crippen LogP contribution in [0.2, 0.25) is 0 Å². The van der Waals surface area contributed by atoms with Crippen molar-refractivity contribution in [3.05, 3.63) is 57.1 Å². The van der Waals surface area contributed by atoms with E-state index in [1.807, 2.05) is 6.07 Å². The average Bonchev–Trinajstić information content (AvgIpc) is 2.87. The van der Waals surface area contributed by atoms with E-state index in [1.54, 1.807) is 38.2 Å². The van der Waals surface area contributed by atoms with Crippen molar-refractivity contribution in [2.24, 2.45) is 7.05 Å². The van der Waals surface area contributed by atoms with Gasteiger partial charge in [-0.2, -0.15) is 5.26 Å². The Morgan fingerprint density at radius 2 is 2.04 bits per heavy atom. The van der Waals surface area contributed by atoms with Crippen LogP contribution in [0.1, 0.15) is 24.1 Å². The van der Waals surface area contributed by atoms with Gasteiger partial charge in [0.2, 0.25) is 5.95 Å². The van der Waals surface area contributed by atoms with Gasteiger partial charge in [0.15, 0.2) is 0 Å². The molecule has 0 fully saturated rings. The number of nitriles is 1. The first-order chi connectivity index (χ1) is 11.5. The lowest BCUT2D eigenvalue weighted by molar-refractivity contribution is -0.136. The first-order valence-corrected chi connectivity index (χ1v) is 7.19. The van der Waals surface area contributed by atoms with Crippen LogP contribution in [-0.2, 0) is 16.6 Å². The Morgan fingerprint density at radius 1 is 1.38 bits per heavy atom. The number of fused-ring (bicyclic) bond motifs is 1. The van der Waals surface area contributed by atoms with Gasteiger partial charge < -0.3 is 10.1 Å². The van der Waals surface area contributed by atoms with E-state index >= 15 is 0 Å². The van der Waals surface area contributed by atoms with E-state index in [9.17, 15) is 9.59 Å². The Hall–Kier alpha value is -3.34. The quantitative estimate of drug-likeness (QED) is 0.824. The number of anilines is 1. The summed E-state index contributed by atoms with van der Waals surface area (Å²) in [5.41, 5.74) is 1.71. The third kappa shape index (κ3) is 2.27. The van der Waals surface area contributed by atoms with Gasteiger partial charge in [-0.1, -0.05) is 12.1 Å². The molecule has 1 atom stereocenters. The maximum atomic E-state index is 12.5. The number of rotatable bonds is 2. The van der Waals surface area contributed by atoms with Crippen LogP contribution in [0.3, 0.4) is 0 Å². The van der Waals surface area contributed by atoms with Crippen molar-refractivity contribution < 1.29 is 9.53 Å². The molecule has 122 valence electrons. The molecule has 2 aromatic rings. The molecule has 0 spiro atoms. The number of allylic oxidation sites excluding steroid dienone is 1. The molecule has 1 N–H and O–H groups in total. The summed E-state index contributed by atoms with van der Waals surface area (Å²) >= 11 is 0. The summed E-state index contributed by atoms with van der Waals surface area (Å²) in [5.74, 6) is -0.183. The number of carbonyl (C=O) groups excluding carboxylic acids is 1. The Kier molecular flexibility index (Phi) is 3.69. The molecule has 0 saturated carbocycles. The number of esters is 1. The van der Waals surface area contributed by atoms with Gasteiger partial charge in [-0.25, -0.2) is 18.8 Å². The summed E-state index contributed by atoms with van der Waals surface area (Å²) in [6.07, 6.45) is 0. The smallest absolute Gasteiger partial charge is 0.347 e. The molecule has 24 heavy (non-hydrogen) atoms. The van der Waals surface area contributed by atoms with Crippen molar-refractivity contribution in [2.75, 3.05) is 12.4 Å². The van der Waals surface area contributed by atoms with Crippen LogP contribution in [0.4, 0.5) is 5.95 Å². The van der Waals surface area contributed by atoms with Crippen molar-refractivity contribution in [1.82, 2.24) is 14.3 Å². The van der Waals surface area contributed by atoms with E-state index in [1.165, 1.54) is 16.4 Å². The van der Waals surface area contributed by atoms with Gasteiger partial charge >= 0.3 is 11.7 Å². The largest absolute Gasteiger partial charge is 0.466 e. The van der Waals surface area contributed by atoms with E-state index < -0.39 is 12.0 Å². The second kappa shape index (κ2) is 5.70. The molecule has 1 aromatic heterocycles. The van der Waals surface area contributed by atoms with Crippen molar-refractivity contribution in [1.29, 1.82) is 5.26 Å². The fraction of sp³-hybridized carbons (Fsp3) is 0.250. The summed E-state index contributed by atoms with van der Waals surface area (Å²) in [5, 5.41) is 16.1. The number of benzene rings is 1. The van der Waals surface area contributed by atoms with Crippen molar-refractivity contribution >= 4 is 11.9 Å². The van der Waals surface area contributed by atoms with Gasteiger partial charge in [0.25, 0.3) is 0 Å². The SMILES string of the molecule is COC(=O)C1=C(C)Nc2nn(C)c(=O)n2C1c1ccc(C#N)cc1. The highest BCUT2D eigenvalue weighted by molar-refractivity contribution is 5.92. The highest BCUT2D eigenvalue weighted by atomic mass is 16.5. The van der Waals surface area contributed by atoms with Gasteiger partial charge in [-0.3, -0.25) is 0 Å². The Bertz CT molecular complexity index is 944. The molecule has 0 amide bonds. The number of hydrogen-bond acceptors (Lipinski definition) is 6. The van der Waals surface area contributed by atoms with Crippen LogP contribution < -0.4 is 11.0 Å². The first kappa shape index (κ1) is 15.6. The summed E-state index contributed by atoms with van der Waals surface area (Å²) in [6, 6.07) is 8.08. The van der Waals surface area contributed by atoms with Crippen LogP contribution in [0.25, 0.3) is 0 Å². The minimum absolute atomic E-state index is 0.324. The van der Waals surface area contributed by atoms with Crippen LogP contribution in [-0.4, -0.2) is 27.4 Å². The lowest BCUT2D eigenvalue weighted by atomic mass is 9.95. The maximum Gasteiger partial charge on any atom is 0.347 e. The van der Waals surface area contributed by atoms with Crippen molar-refractivity contribution in [3.8, 4) is 6.07 Å². The van der Waals surface area contributed by atoms with Gasteiger partial charge in [-0.05, 0) is 24.6 Å². The second-order valence-corrected chi connectivity index (χ2v) is 5.39. The van der Waals surface area contributed by atoms with Gasteiger partial charge in [0, 0.05) is 12.7 Å². The maximum absolute atomic E-state index is 12.5. The van der Waals surface area contributed by atoms with Gasteiger partial charge in [-0.15, -0.1) is 5.10 Å². The molecule has 3 rings (SSSR count).